The van der Waals surface area contributed by atoms with Crippen molar-refractivity contribution in [1.29, 1.82) is 0 Å². The van der Waals surface area contributed by atoms with Crippen LogP contribution in [0.25, 0.3) is 11.0 Å². The fourth-order valence-electron chi connectivity index (χ4n) is 3.77. The van der Waals surface area contributed by atoms with Crippen LogP contribution >= 0.6 is 0 Å². The molecule has 3 aromatic rings. The van der Waals surface area contributed by atoms with Crippen molar-refractivity contribution in [3.05, 3.63) is 65.5 Å². The average molecular weight is 362 g/mol. The fraction of sp³-hybridized carbons (Fsp3) is 0.364. The predicted molar refractivity (Wildman–Crippen MR) is 108 cm³/mol. The van der Waals surface area contributed by atoms with Gasteiger partial charge in [-0.15, -0.1) is 0 Å². The fourth-order valence-corrected chi connectivity index (χ4v) is 3.77. The second kappa shape index (κ2) is 7.16. The van der Waals surface area contributed by atoms with Crippen LogP contribution in [0.4, 0.5) is 0 Å². The first-order valence-electron chi connectivity index (χ1n) is 9.47. The molecule has 0 spiro atoms. The Bertz CT molecular complexity index is 958. The number of rotatable bonds is 4. The van der Waals surface area contributed by atoms with E-state index in [0.717, 1.165) is 42.7 Å². The maximum absolute atomic E-state index is 12.7. The van der Waals surface area contributed by atoms with Gasteiger partial charge >= 0.3 is 0 Å². The van der Waals surface area contributed by atoms with Crippen molar-refractivity contribution in [1.82, 2.24) is 19.4 Å². The molecule has 5 heteroatoms. The van der Waals surface area contributed by atoms with Gasteiger partial charge in [-0.05, 0) is 62.8 Å². The van der Waals surface area contributed by atoms with Crippen molar-refractivity contribution in [3.63, 3.8) is 0 Å². The maximum Gasteiger partial charge on any atom is 0.253 e. The van der Waals surface area contributed by atoms with Crippen molar-refractivity contribution < 1.29 is 4.79 Å². The van der Waals surface area contributed by atoms with Crippen LogP contribution in [0.1, 0.15) is 27.9 Å². The third kappa shape index (κ3) is 3.60. The number of carbonyl (C=O) groups excluding carboxylic acids is 1. The lowest BCUT2D eigenvalue weighted by molar-refractivity contribution is 0.0783. The summed E-state index contributed by atoms with van der Waals surface area (Å²) in [6, 6.07) is 14.8. The van der Waals surface area contributed by atoms with Gasteiger partial charge in [-0.2, -0.15) is 0 Å². The van der Waals surface area contributed by atoms with E-state index >= 15 is 0 Å². The molecule has 1 atom stereocenters. The zero-order valence-electron chi connectivity index (χ0n) is 16.2. The van der Waals surface area contributed by atoms with E-state index in [1.54, 1.807) is 0 Å². The van der Waals surface area contributed by atoms with Crippen molar-refractivity contribution in [2.45, 2.75) is 25.9 Å². The van der Waals surface area contributed by atoms with E-state index in [1.807, 2.05) is 35.5 Å². The van der Waals surface area contributed by atoms with Crippen molar-refractivity contribution in [2.24, 2.45) is 0 Å². The number of likely N-dealkylation sites (tertiary alicyclic amines) is 1. The molecule has 0 bridgehead atoms. The van der Waals surface area contributed by atoms with Gasteiger partial charge in [0, 0.05) is 31.2 Å². The van der Waals surface area contributed by atoms with Crippen molar-refractivity contribution >= 4 is 16.9 Å². The van der Waals surface area contributed by atoms with E-state index in [0.29, 0.717) is 6.04 Å². The Morgan fingerprint density at radius 3 is 2.67 bits per heavy atom. The summed E-state index contributed by atoms with van der Waals surface area (Å²) in [6.07, 6.45) is 2.93. The van der Waals surface area contributed by atoms with Gasteiger partial charge in [-0.25, -0.2) is 4.98 Å². The molecule has 0 aliphatic carbocycles. The van der Waals surface area contributed by atoms with E-state index in [1.165, 1.54) is 11.1 Å². The summed E-state index contributed by atoms with van der Waals surface area (Å²) >= 11 is 0. The monoisotopic (exact) mass is 362 g/mol. The summed E-state index contributed by atoms with van der Waals surface area (Å²) < 4.78 is 2.15. The van der Waals surface area contributed by atoms with Gasteiger partial charge in [0.15, 0.2) is 0 Å². The molecule has 140 valence electrons. The molecule has 1 unspecified atom stereocenters. The first-order chi connectivity index (χ1) is 13.0. The van der Waals surface area contributed by atoms with Crippen LogP contribution in [0.5, 0.6) is 0 Å². The van der Waals surface area contributed by atoms with Crippen LogP contribution in [0.15, 0.2) is 48.8 Å². The Morgan fingerprint density at radius 1 is 1.19 bits per heavy atom. The van der Waals surface area contributed by atoms with Crippen LogP contribution in [-0.4, -0.2) is 58.5 Å². The molecular formula is C22H26N4O. The summed E-state index contributed by atoms with van der Waals surface area (Å²) in [7, 11) is 4.16. The molecular weight excluding hydrogens is 336 g/mol. The molecule has 1 aromatic heterocycles. The molecule has 1 aliphatic rings. The zero-order chi connectivity index (χ0) is 19.0. The first-order valence-corrected chi connectivity index (χ1v) is 9.47. The van der Waals surface area contributed by atoms with Crippen LogP contribution in [0, 0.1) is 6.92 Å². The topological polar surface area (TPSA) is 41.4 Å². The molecule has 0 N–H and O–H groups in total. The predicted octanol–water partition coefficient (Wildman–Crippen LogP) is 3.17. The summed E-state index contributed by atoms with van der Waals surface area (Å²) in [5.41, 5.74) is 5.31. The number of fused-ring (bicyclic) bond motifs is 1. The van der Waals surface area contributed by atoms with Gasteiger partial charge in [-0.1, -0.05) is 18.2 Å². The molecule has 2 heterocycles. The van der Waals surface area contributed by atoms with E-state index in [4.69, 9.17) is 0 Å². The quantitative estimate of drug-likeness (QED) is 0.716. The zero-order valence-corrected chi connectivity index (χ0v) is 16.2. The van der Waals surface area contributed by atoms with E-state index in [9.17, 15) is 4.79 Å². The highest BCUT2D eigenvalue weighted by Crippen LogP contribution is 2.19. The lowest BCUT2D eigenvalue weighted by Crippen LogP contribution is -2.34. The third-order valence-electron chi connectivity index (χ3n) is 5.51. The molecule has 4 rings (SSSR count). The molecule has 1 fully saturated rings. The van der Waals surface area contributed by atoms with Gasteiger partial charge in [0.2, 0.25) is 0 Å². The Morgan fingerprint density at radius 2 is 1.96 bits per heavy atom. The number of amides is 1. The molecule has 0 radical (unpaired) electrons. The maximum atomic E-state index is 12.7. The second-order valence-electron chi connectivity index (χ2n) is 7.72. The van der Waals surface area contributed by atoms with Crippen LogP contribution in [-0.2, 0) is 6.54 Å². The summed E-state index contributed by atoms with van der Waals surface area (Å²) in [6.45, 7) is 4.50. The lowest BCUT2D eigenvalue weighted by Gasteiger charge is -2.20. The van der Waals surface area contributed by atoms with E-state index in [2.05, 4.69) is 53.7 Å². The Hall–Kier alpha value is -2.66. The highest BCUT2D eigenvalue weighted by atomic mass is 16.2. The number of imidazole rings is 1. The molecule has 1 amide bonds. The van der Waals surface area contributed by atoms with E-state index < -0.39 is 0 Å². The Kier molecular flexibility index (Phi) is 4.70. The summed E-state index contributed by atoms with van der Waals surface area (Å²) in [5.74, 6) is 0.134. The number of aryl methyl sites for hydroxylation is 1. The highest BCUT2D eigenvalue weighted by molar-refractivity contribution is 5.94. The molecule has 27 heavy (non-hydrogen) atoms. The summed E-state index contributed by atoms with van der Waals surface area (Å²) in [5, 5.41) is 0. The number of benzene rings is 2. The molecule has 5 nitrogen and oxygen atoms in total. The number of nitrogens with zero attached hydrogens (tertiary/aromatic N) is 4. The van der Waals surface area contributed by atoms with Crippen molar-refractivity contribution in [3.8, 4) is 0 Å². The molecule has 1 saturated heterocycles. The lowest BCUT2D eigenvalue weighted by atomic mass is 10.1. The Labute approximate surface area is 160 Å². The number of likely N-dealkylation sites (N-methyl/N-ethyl adjacent to an activating group) is 1. The second-order valence-corrected chi connectivity index (χ2v) is 7.72. The van der Waals surface area contributed by atoms with Crippen LogP contribution < -0.4 is 0 Å². The van der Waals surface area contributed by atoms with Crippen LogP contribution in [0.3, 0.4) is 0 Å². The molecule has 2 aromatic carbocycles. The standard InChI is InChI=1S/C22H26N4O/c1-16-4-9-20-21(12-16)26(15-23-20)13-17-5-7-18(8-6-17)22(27)25-11-10-19(14-25)24(2)3/h4-9,12,15,19H,10-11,13-14H2,1-3H3. The van der Waals surface area contributed by atoms with Gasteiger partial charge in [0.1, 0.15) is 0 Å². The van der Waals surface area contributed by atoms with Gasteiger partial charge in [-0.3, -0.25) is 4.79 Å². The summed E-state index contributed by atoms with van der Waals surface area (Å²) in [4.78, 5) is 21.4. The number of aromatic nitrogens is 2. The first kappa shape index (κ1) is 17.7. The Balaban J connectivity index is 1.47. The molecule has 1 aliphatic heterocycles. The minimum Gasteiger partial charge on any atom is -0.337 e. The minimum absolute atomic E-state index is 0.134. The van der Waals surface area contributed by atoms with E-state index in [-0.39, 0.29) is 5.91 Å². The largest absolute Gasteiger partial charge is 0.337 e. The van der Waals surface area contributed by atoms with Gasteiger partial charge < -0.3 is 14.4 Å². The van der Waals surface area contributed by atoms with Crippen LogP contribution in [0.2, 0.25) is 0 Å². The minimum atomic E-state index is 0.134. The SMILES string of the molecule is Cc1ccc2ncn(Cc3ccc(C(=O)N4CCC(N(C)C)C4)cc3)c2c1. The number of hydrogen-bond acceptors (Lipinski definition) is 3. The number of carbonyl (C=O) groups is 1. The normalized spacial score (nSPS) is 17.2. The average Bonchev–Trinajstić information content (AvgIpc) is 3.30. The van der Waals surface area contributed by atoms with Gasteiger partial charge in [0.25, 0.3) is 5.91 Å². The van der Waals surface area contributed by atoms with Gasteiger partial charge in [0.05, 0.1) is 17.4 Å². The third-order valence-corrected chi connectivity index (χ3v) is 5.51. The smallest absolute Gasteiger partial charge is 0.253 e. The van der Waals surface area contributed by atoms with Crippen molar-refractivity contribution in [2.75, 3.05) is 27.2 Å². The molecule has 0 saturated carbocycles. The highest BCUT2D eigenvalue weighted by Gasteiger charge is 2.27. The number of hydrogen-bond donors (Lipinski definition) is 0.